The van der Waals surface area contributed by atoms with Gasteiger partial charge in [-0.25, -0.2) is 4.98 Å². The van der Waals surface area contributed by atoms with Crippen LogP contribution < -0.4 is 9.64 Å². The largest absolute Gasteiger partial charge is 0.476 e. The molecule has 2 aromatic heterocycles. The predicted octanol–water partition coefficient (Wildman–Crippen LogP) is 3.14. The van der Waals surface area contributed by atoms with Crippen molar-refractivity contribution in [2.75, 3.05) is 37.7 Å². The summed E-state index contributed by atoms with van der Waals surface area (Å²) < 4.78 is 11.3. The van der Waals surface area contributed by atoms with E-state index in [2.05, 4.69) is 4.98 Å². The molecule has 1 aromatic carbocycles. The number of aromatic nitrogens is 1. The van der Waals surface area contributed by atoms with Crippen LogP contribution in [0.5, 0.6) is 5.75 Å². The molecule has 0 bridgehead atoms. The number of ether oxygens (including phenoxy) is 2. The van der Waals surface area contributed by atoms with Crippen LogP contribution in [0, 0.1) is 0 Å². The zero-order chi connectivity index (χ0) is 20.5. The highest BCUT2D eigenvalue weighted by atomic mass is 32.1. The molecular formula is C21H19N3O4S2. The quantitative estimate of drug-likeness (QED) is 0.625. The smallest absolute Gasteiger partial charge is 0.278 e. The van der Waals surface area contributed by atoms with E-state index >= 15 is 0 Å². The zero-order valence-electron chi connectivity index (χ0n) is 16.0. The van der Waals surface area contributed by atoms with Gasteiger partial charge < -0.3 is 14.4 Å². The molecule has 0 N–H and O–H groups in total. The summed E-state index contributed by atoms with van der Waals surface area (Å²) >= 11 is 3.03. The summed E-state index contributed by atoms with van der Waals surface area (Å²) in [5.41, 5.74) is 2.03. The van der Waals surface area contributed by atoms with E-state index in [1.165, 1.54) is 11.3 Å². The lowest BCUT2D eigenvalue weighted by Gasteiger charge is -2.37. The van der Waals surface area contributed by atoms with Gasteiger partial charge in [-0.15, -0.1) is 11.3 Å². The van der Waals surface area contributed by atoms with E-state index in [-0.39, 0.29) is 18.4 Å². The molecule has 30 heavy (non-hydrogen) atoms. The normalized spacial score (nSPS) is 18.6. The average Bonchev–Trinajstić information content (AvgIpc) is 3.50. The van der Waals surface area contributed by atoms with Gasteiger partial charge in [0, 0.05) is 29.4 Å². The Balaban J connectivity index is 1.43. The fourth-order valence-corrected chi connectivity index (χ4v) is 5.08. The first-order valence-corrected chi connectivity index (χ1v) is 11.4. The second-order valence-corrected chi connectivity index (χ2v) is 8.62. The van der Waals surface area contributed by atoms with Gasteiger partial charge in [0.05, 0.1) is 25.4 Å². The third kappa shape index (κ3) is 3.60. The number of benzene rings is 1. The fraction of sp³-hybridized carbons (Fsp3) is 0.286. The number of thiazole rings is 1. The van der Waals surface area contributed by atoms with E-state index in [0.29, 0.717) is 43.4 Å². The molecule has 0 saturated carbocycles. The van der Waals surface area contributed by atoms with Gasteiger partial charge in [-0.05, 0) is 23.6 Å². The lowest BCUT2D eigenvalue weighted by molar-refractivity contribution is -0.142. The zero-order valence-corrected chi connectivity index (χ0v) is 17.7. The number of amides is 2. The Morgan fingerprint density at radius 1 is 1.10 bits per heavy atom. The number of thiophene rings is 1. The van der Waals surface area contributed by atoms with Crippen LogP contribution in [-0.2, 0) is 9.53 Å². The highest BCUT2D eigenvalue weighted by Crippen LogP contribution is 2.35. The second-order valence-electron chi connectivity index (χ2n) is 6.98. The summed E-state index contributed by atoms with van der Waals surface area (Å²) in [5.74, 6) is 0.170. The van der Waals surface area contributed by atoms with Crippen molar-refractivity contribution < 1.29 is 19.1 Å². The van der Waals surface area contributed by atoms with Gasteiger partial charge in [-0.1, -0.05) is 12.1 Å². The minimum atomic E-state index is -0.753. The molecule has 3 aromatic rings. The van der Waals surface area contributed by atoms with Crippen LogP contribution in [0.3, 0.4) is 0 Å². The summed E-state index contributed by atoms with van der Waals surface area (Å²) in [6.45, 7) is 2.25. The molecule has 7 nitrogen and oxygen atoms in total. The maximum atomic E-state index is 13.4. The van der Waals surface area contributed by atoms with E-state index in [9.17, 15) is 9.59 Å². The number of fused-ring (bicyclic) bond motifs is 1. The van der Waals surface area contributed by atoms with Crippen LogP contribution in [0.2, 0.25) is 0 Å². The average molecular weight is 442 g/mol. The summed E-state index contributed by atoms with van der Waals surface area (Å²) in [6.07, 6.45) is -0.753. The number of carbonyl (C=O) groups is 2. The molecular weight excluding hydrogens is 422 g/mol. The molecule has 2 aliphatic rings. The molecule has 4 heterocycles. The summed E-state index contributed by atoms with van der Waals surface area (Å²) in [6, 6.07) is 9.28. The number of anilines is 1. The van der Waals surface area contributed by atoms with Crippen molar-refractivity contribution in [3.63, 3.8) is 0 Å². The van der Waals surface area contributed by atoms with Crippen molar-refractivity contribution in [2.45, 2.75) is 6.10 Å². The van der Waals surface area contributed by atoms with Gasteiger partial charge in [-0.3, -0.25) is 14.5 Å². The van der Waals surface area contributed by atoms with Crippen LogP contribution >= 0.6 is 22.7 Å². The van der Waals surface area contributed by atoms with Gasteiger partial charge in [0.1, 0.15) is 16.5 Å². The Labute approximate surface area is 181 Å². The van der Waals surface area contributed by atoms with E-state index in [1.807, 2.05) is 35.0 Å². The molecule has 1 fully saturated rings. The topological polar surface area (TPSA) is 72.0 Å². The summed E-state index contributed by atoms with van der Waals surface area (Å²) in [5, 5.41) is 6.57. The fourth-order valence-electron chi connectivity index (χ4n) is 3.57. The predicted molar refractivity (Wildman–Crippen MR) is 115 cm³/mol. The van der Waals surface area contributed by atoms with E-state index in [4.69, 9.17) is 9.47 Å². The van der Waals surface area contributed by atoms with Crippen molar-refractivity contribution in [3.8, 4) is 16.3 Å². The maximum Gasteiger partial charge on any atom is 0.278 e. The standard InChI is InChI=1S/C21H19N3O4S2/c25-20(15-13-30-19(22-15)14-5-10-29-12-14)24-11-18(21(26)23-6-8-27-9-7-23)28-17-4-2-1-3-16(17)24/h1-5,10,12-13,18H,6-9,11H2/t18-/m0/s1. The highest BCUT2D eigenvalue weighted by Gasteiger charge is 2.37. The van der Waals surface area contributed by atoms with Crippen molar-refractivity contribution in [2.24, 2.45) is 0 Å². The van der Waals surface area contributed by atoms with Gasteiger partial charge in [0.15, 0.2) is 6.10 Å². The van der Waals surface area contributed by atoms with E-state index in [0.717, 1.165) is 10.6 Å². The first-order valence-electron chi connectivity index (χ1n) is 9.63. The summed E-state index contributed by atoms with van der Waals surface area (Å²) in [4.78, 5) is 34.3. The van der Waals surface area contributed by atoms with Crippen LogP contribution in [-0.4, -0.2) is 60.7 Å². The molecule has 2 amide bonds. The van der Waals surface area contributed by atoms with E-state index in [1.54, 1.807) is 32.6 Å². The maximum absolute atomic E-state index is 13.4. The molecule has 154 valence electrons. The molecule has 0 aliphatic carbocycles. The Morgan fingerprint density at radius 2 is 1.93 bits per heavy atom. The monoisotopic (exact) mass is 441 g/mol. The third-order valence-electron chi connectivity index (χ3n) is 5.11. The SMILES string of the molecule is O=C([C@@H]1CN(C(=O)c2csc(-c3ccsc3)n2)c2ccccc2O1)N1CCOCC1. The van der Waals surface area contributed by atoms with E-state index < -0.39 is 6.10 Å². The molecule has 2 aliphatic heterocycles. The number of morpholine rings is 1. The molecule has 0 unspecified atom stereocenters. The lowest BCUT2D eigenvalue weighted by Crippen LogP contribution is -2.54. The third-order valence-corrected chi connectivity index (χ3v) is 6.68. The number of carbonyl (C=O) groups excluding carboxylic acids is 2. The molecule has 0 radical (unpaired) electrons. The number of rotatable bonds is 3. The number of hydrogen-bond donors (Lipinski definition) is 0. The van der Waals surface area contributed by atoms with Crippen molar-refractivity contribution in [3.05, 3.63) is 52.2 Å². The molecule has 5 rings (SSSR count). The minimum Gasteiger partial charge on any atom is -0.476 e. The first-order chi connectivity index (χ1) is 14.7. The molecule has 9 heteroatoms. The molecule has 1 atom stereocenters. The minimum absolute atomic E-state index is 0.122. The van der Waals surface area contributed by atoms with Gasteiger partial charge in [0.25, 0.3) is 11.8 Å². The summed E-state index contributed by atoms with van der Waals surface area (Å²) in [7, 11) is 0. The van der Waals surface area contributed by atoms with Crippen LogP contribution in [0.25, 0.3) is 10.6 Å². The van der Waals surface area contributed by atoms with Crippen molar-refractivity contribution in [1.29, 1.82) is 0 Å². The number of nitrogens with zero attached hydrogens (tertiary/aromatic N) is 3. The molecule has 0 spiro atoms. The van der Waals surface area contributed by atoms with Gasteiger partial charge >= 0.3 is 0 Å². The van der Waals surface area contributed by atoms with Crippen LogP contribution in [0.4, 0.5) is 5.69 Å². The van der Waals surface area contributed by atoms with Crippen LogP contribution in [0.1, 0.15) is 10.5 Å². The molecule has 1 saturated heterocycles. The van der Waals surface area contributed by atoms with Crippen molar-refractivity contribution in [1.82, 2.24) is 9.88 Å². The lowest BCUT2D eigenvalue weighted by atomic mass is 10.1. The Morgan fingerprint density at radius 3 is 2.73 bits per heavy atom. The van der Waals surface area contributed by atoms with Crippen LogP contribution in [0.15, 0.2) is 46.5 Å². The number of para-hydroxylation sites is 2. The second kappa shape index (κ2) is 8.17. The van der Waals surface area contributed by atoms with Crippen molar-refractivity contribution >= 4 is 40.2 Å². The van der Waals surface area contributed by atoms with Gasteiger partial charge in [0.2, 0.25) is 0 Å². The van der Waals surface area contributed by atoms with Gasteiger partial charge in [-0.2, -0.15) is 11.3 Å². The Hall–Kier alpha value is -2.75. The first kappa shape index (κ1) is 19.2. The Kier molecular flexibility index (Phi) is 5.24. The Bertz CT molecular complexity index is 1060. The highest BCUT2D eigenvalue weighted by molar-refractivity contribution is 7.14. The number of hydrogen-bond acceptors (Lipinski definition) is 7.